The minimum absolute atomic E-state index is 0.0134. The predicted octanol–water partition coefficient (Wildman–Crippen LogP) is 2.94. The fourth-order valence-corrected chi connectivity index (χ4v) is 6.61. The molecule has 3 N–H and O–H groups in total. The van der Waals surface area contributed by atoms with Gasteiger partial charge >= 0.3 is 12.1 Å². The number of likely N-dealkylation sites (tertiary alicyclic amines) is 1. The Bertz CT molecular complexity index is 1060. The first kappa shape index (κ1) is 30.1. The molecule has 0 aromatic rings. The lowest BCUT2D eigenvalue weighted by Crippen LogP contribution is -2.59. The van der Waals surface area contributed by atoms with Gasteiger partial charge in [0, 0.05) is 18.0 Å². The van der Waals surface area contributed by atoms with Gasteiger partial charge in [0.2, 0.25) is 17.7 Å². The summed E-state index contributed by atoms with van der Waals surface area (Å²) in [6.07, 6.45) is 2.67. The molecule has 2 aliphatic heterocycles. The SMILES string of the molecule is CC(C)(C)[C@H](NC(=O)C(F)(F)F)C(=O)N1CC(C2CCCC2)C[C@H]1C(=O)N[C@H](C#N)C[C@@H]1CCC2(CC2)NC1=O. The van der Waals surface area contributed by atoms with Crippen molar-refractivity contribution in [1.29, 1.82) is 5.26 Å². The van der Waals surface area contributed by atoms with Crippen LogP contribution in [0, 0.1) is 34.5 Å². The summed E-state index contributed by atoms with van der Waals surface area (Å²) in [5.41, 5.74) is -1.16. The second-order valence-corrected chi connectivity index (χ2v) is 13.2. The number of nitrogens with zero attached hydrogens (tertiary/aromatic N) is 2. The highest BCUT2D eigenvalue weighted by atomic mass is 19.4. The summed E-state index contributed by atoms with van der Waals surface area (Å²) in [4.78, 5) is 53.0. The van der Waals surface area contributed by atoms with Gasteiger partial charge in [-0.2, -0.15) is 18.4 Å². The van der Waals surface area contributed by atoms with E-state index >= 15 is 0 Å². The first-order valence-electron chi connectivity index (χ1n) is 14.3. The van der Waals surface area contributed by atoms with Crippen LogP contribution in [0.4, 0.5) is 13.2 Å². The third kappa shape index (κ3) is 6.72. The molecule has 0 bridgehead atoms. The molecule has 4 amide bonds. The lowest BCUT2D eigenvalue weighted by atomic mass is 9.85. The second kappa shape index (κ2) is 11.2. The van der Waals surface area contributed by atoms with Crippen LogP contribution >= 0.6 is 0 Å². The van der Waals surface area contributed by atoms with Crippen molar-refractivity contribution in [2.24, 2.45) is 23.2 Å². The molecule has 0 aromatic heterocycles. The minimum Gasteiger partial charge on any atom is -0.350 e. The normalized spacial score (nSPS) is 28.0. The van der Waals surface area contributed by atoms with Crippen LogP contribution in [0.5, 0.6) is 0 Å². The Morgan fingerprint density at radius 3 is 2.25 bits per heavy atom. The third-order valence-corrected chi connectivity index (χ3v) is 9.21. The van der Waals surface area contributed by atoms with Crippen molar-refractivity contribution in [3.8, 4) is 6.07 Å². The van der Waals surface area contributed by atoms with Gasteiger partial charge in [-0.3, -0.25) is 19.2 Å². The van der Waals surface area contributed by atoms with E-state index in [1.165, 1.54) is 4.90 Å². The molecule has 5 atom stereocenters. The fraction of sp³-hybridized carbons (Fsp3) is 0.821. The summed E-state index contributed by atoms with van der Waals surface area (Å²) in [5, 5.41) is 17.4. The second-order valence-electron chi connectivity index (χ2n) is 13.2. The van der Waals surface area contributed by atoms with Crippen molar-refractivity contribution < 1.29 is 32.3 Å². The van der Waals surface area contributed by atoms with Crippen LogP contribution in [-0.2, 0) is 19.2 Å². The molecule has 9 nitrogen and oxygen atoms in total. The van der Waals surface area contributed by atoms with Gasteiger partial charge in [0.15, 0.2) is 0 Å². The van der Waals surface area contributed by atoms with Crippen LogP contribution in [0.25, 0.3) is 0 Å². The number of rotatable bonds is 7. The van der Waals surface area contributed by atoms with E-state index < -0.39 is 53.4 Å². The lowest BCUT2D eigenvalue weighted by molar-refractivity contribution is -0.176. The maximum atomic E-state index is 13.8. The van der Waals surface area contributed by atoms with Crippen LogP contribution in [0.3, 0.4) is 0 Å². The Hall–Kier alpha value is -2.84. The molecule has 2 saturated carbocycles. The fourth-order valence-electron chi connectivity index (χ4n) is 6.61. The van der Waals surface area contributed by atoms with E-state index in [4.69, 9.17) is 0 Å². The first-order valence-corrected chi connectivity index (χ1v) is 14.3. The molecule has 40 heavy (non-hydrogen) atoms. The highest BCUT2D eigenvalue weighted by molar-refractivity contribution is 5.94. The Morgan fingerprint density at radius 1 is 1.07 bits per heavy atom. The largest absolute Gasteiger partial charge is 0.471 e. The number of piperidine rings is 1. The zero-order valence-corrected chi connectivity index (χ0v) is 23.4. The van der Waals surface area contributed by atoms with Gasteiger partial charge in [-0.1, -0.05) is 46.5 Å². The zero-order chi connectivity index (χ0) is 29.5. The van der Waals surface area contributed by atoms with Crippen LogP contribution in [0.15, 0.2) is 0 Å². The van der Waals surface area contributed by atoms with Crippen LogP contribution < -0.4 is 16.0 Å². The number of nitriles is 1. The molecule has 4 rings (SSSR count). The molecule has 4 aliphatic rings. The predicted molar refractivity (Wildman–Crippen MR) is 138 cm³/mol. The van der Waals surface area contributed by atoms with Gasteiger partial charge in [0.05, 0.1) is 6.07 Å². The standard InChI is InChI=1S/C28H40F3N5O4/c1-26(2,3)21(34-25(40)28(29,30)31)24(39)36-15-18(16-6-4-5-7-16)13-20(36)23(38)33-19(14-32)12-17-8-9-27(10-11-27)35-22(17)37/h16-21H,4-13,15H2,1-3H3,(H,33,38)(H,34,40)(H,35,37)/t17-,18?,19-,20-,21+/m0/s1. The van der Waals surface area contributed by atoms with E-state index in [0.29, 0.717) is 18.8 Å². The third-order valence-electron chi connectivity index (χ3n) is 9.21. The summed E-state index contributed by atoms with van der Waals surface area (Å²) in [6, 6.07) is -1.39. The average Bonchev–Trinajstić information content (AvgIpc) is 3.25. The lowest BCUT2D eigenvalue weighted by Gasteiger charge is -2.36. The van der Waals surface area contributed by atoms with Gasteiger partial charge in [0.25, 0.3) is 0 Å². The van der Waals surface area contributed by atoms with Crippen LogP contribution in [0.1, 0.15) is 85.0 Å². The molecular formula is C28H40F3N5O4. The number of hydrogen-bond donors (Lipinski definition) is 3. The molecule has 12 heteroatoms. The Balaban J connectivity index is 1.49. The van der Waals surface area contributed by atoms with Crippen molar-refractivity contribution in [3.05, 3.63) is 0 Å². The van der Waals surface area contributed by atoms with Crippen LogP contribution in [-0.4, -0.2) is 64.9 Å². The van der Waals surface area contributed by atoms with Gasteiger partial charge in [-0.05, 0) is 55.8 Å². The summed E-state index contributed by atoms with van der Waals surface area (Å²) >= 11 is 0. The van der Waals surface area contributed by atoms with E-state index in [1.807, 2.05) is 5.32 Å². The number of nitrogens with one attached hydrogen (secondary N) is 3. The van der Waals surface area contributed by atoms with Crippen molar-refractivity contribution in [3.63, 3.8) is 0 Å². The molecule has 1 spiro atoms. The topological polar surface area (TPSA) is 131 Å². The van der Waals surface area contributed by atoms with E-state index in [9.17, 15) is 37.6 Å². The molecule has 4 fully saturated rings. The van der Waals surface area contributed by atoms with Crippen molar-refractivity contribution in [2.75, 3.05) is 6.54 Å². The van der Waals surface area contributed by atoms with Gasteiger partial charge in [-0.25, -0.2) is 0 Å². The minimum atomic E-state index is -5.16. The van der Waals surface area contributed by atoms with E-state index in [0.717, 1.165) is 44.9 Å². The molecule has 0 radical (unpaired) electrons. The molecule has 2 aliphatic carbocycles. The molecule has 222 valence electrons. The number of carbonyl (C=O) groups excluding carboxylic acids is 4. The highest BCUT2D eigenvalue weighted by Crippen LogP contribution is 2.44. The quantitative estimate of drug-likeness (QED) is 0.435. The summed E-state index contributed by atoms with van der Waals surface area (Å²) < 4.78 is 39.3. The number of amides is 4. The average molecular weight is 568 g/mol. The van der Waals surface area contributed by atoms with Gasteiger partial charge < -0.3 is 20.9 Å². The molecule has 0 aromatic carbocycles. The number of carbonyl (C=O) groups is 4. The van der Waals surface area contributed by atoms with Crippen molar-refractivity contribution in [1.82, 2.24) is 20.9 Å². The number of halogens is 3. The monoisotopic (exact) mass is 567 g/mol. The Labute approximate surface area is 233 Å². The number of alkyl halides is 3. The summed E-state index contributed by atoms with van der Waals surface area (Å²) in [5.74, 6) is -3.78. The Kier molecular flexibility index (Phi) is 8.44. The Morgan fingerprint density at radius 2 is 1.73 bits per heavy atom. The van der Waals surface area contributed by atoms with Gasteiger partial charge in [-0.15, -0.1) is 0 Å². The highest BCUT2D eigenvalue weighted by Gasteiger charge is 2.50. The molecule has 2 heterocycles. The van der Waals surface area contributed by atoms with Gasteiger partial charge in [0.1, 0.15) is 18.1 Å². The maximum absolute atomic E-state index is 13.8. The van der Waals surface area contributed by atoms with E-state index in [-0.39, 0.29) is 30.3 Å². The molecule has 1 unspecified atom stereocenters. The van der Waals surface area contributed by atoms with Crippen LogP contribution in [0.2, 0.25) is 0 Å². The van der Waals surface area contributed by atoms with Crippen molar-refractivity contribution in [2.45, 2.75) is 115 Å². The maximum Gasteiger partial charge on any atom is 0.471 e. The number of hydrogen-bond acceptors (Lipinski definition) is 5. The zero-order valence-electron chi connectivity index (χ0n) is 23.4. The first-order chi connectivity index (χ1) is 18.6. The smallest absolute Gasteiger partial charge is 0.350 e. The van der Waals surface area contributed by atoms with E-state index in [2.05, 4.69) is 16.7 Å². The molecular weight excluding hydrogens is 527 g/mol. The van der Waals surface area contributed by atoms with E-state index in [1.54, 1.807) is 20.8 Å². The summed E-state index contributed by atoms with van der Waals surface area (Å²) in [7, 11) is 0. The summed E-state index contributed by atoms with van der Waals surface area (Å²) in [6.45, 7) is 4.86. The molecule has 2 saturated heterocycles. The van der Waals surface area contributed by atoms with Crippen molar-refractivity contribution >= 4 is 23.6 Å².